The molecular weight excluding hydrogens is 298 g/mol. The highest BCUT2D eigenvalue weighted by Gasteiger charge is 2.33. The quantitative estimate of drug-likeness (QED) is 0.829. The van der Waals surface area contributed by atoms with E-state index in [1.165, 1.54) is 4.80 Å². The molecule has 0 atom stereocenters. The number of tetrazole rings is 1. The van der Waals surface area contributed by atoms with E-state index < -0.39 is 5.60 Å². The number of fused-ring (bicyclic) bond motifs is 1. The Balaban J connectivity index is 1.85. The predicted molar refractivity (Wildman–Crippen MR) is 81.2 cm³/mol. The van der Waals surface area contributed by atoms with E-state index in [1.807, 2.05) is 32.3 Å². The Kier molecular flexibility index (Phi) is 3.57. The fourth-order valence-corrected chi connectivity index (χ4v) is 2.60. The van der Waals surface area contributed by atoms with Crippen LogP contribution >= 0.6 is 0 Å². The molecular formula is C14H21N7O2. The average Bonchev–Trinajstić information content (AvgIpc) is 3.08. The van der Waals surface area contributed by atoms with Gasteiger partial charge in [-0.15, -0.1) is 10.2 Å². The van der Waals surface area contributed by atoms with Crippen molar-refractivity contribution in [1.82, 2.24) is 34.7 Å². The number of rotatable bonds is 2. The first-order valence-corrected chi connectivity index (χ1v) is 7.59. The Morgan fingerprint density at radius 1 is 1.30 bits per heavy atom. The zero-order valence-electron chi connectivity index (χ0n) is 14.1. The minimum atomic E-state index is -0.507. The molecule has 1 aliphatic heterocycles. The zero-order chi connectivity index (χ0) is 16.8. The summed E-state index contributed by atoms with van der Waals surface area (Å²) in [5.74, 6) is 1.18. The van der Waals surface area contributed by atoms with Crippen LogP contribution in [0.1, 0.15) is 39.1 Å². The molecule has 9 nitrogen and oxygen atoms in total. The second-order valence-corrected chi connectivity index (χ2v) is 6.51. The summed E-state index contributed by atoms with van der Waals surface area (Å²) in [6, 6.07) is 0. The smallest absolute Gasteiger partial charge is 0.410 e. The van der Waals surface area contributed by atoms with Crippen molar-refractivity contribution in [2.24, 2.45) is 7.05 Å². The molecule has 0 N–H and O–H groups in total. The molecule has 1 aliphatic rings. The Bertz CT molecular complexity index is 741. The van der Waals surface area contributed by atoms with Gasteiger partial charge in [0.05, 0.1) is 31.5 Å². The fraction of sp³-hybridized carbons (Fsp3) is 0.643. The van der Waals surface area contributed by atoms with Crippen LogP contribution in [0.15, 0.2) is 0 Å². The van der Waals surface area contributed by atoms with Crippen molar-refractivity contribution in [3.63, 3.8) is 0 Å². The Labute approximate surface area is 134 Å². The number of hydrogen-bond acceptors (Lipinski definition) is 6. The maximum Gasteiger partial charge on any atom is 0.410 e. The highest BCUT2D eigenvalue weighted by molar-refractivity contribution is 5.69. The Hall–Kier alpha value is -2.45. The van der Waals surface area contributed by atoms with Gasteiger partial charge in [0.2, 0.25) is 5.82 Å². The molecule has 2 aromatic rings. The van der Waals surface area contributed by atoms with E-state index in [-0.39, 0.29) is 6.09 Å². The lowest BCUT2D eigenvalue weighted by Crippen LogP contribution is -2.33. The SMILES string of the molecule is CCn1c(-c2nnn(C)n2)nc2c1CN(C(=O)OC(C)(C)C)C2. The lowest BCUT2D eigenvalue weighted by atomic mass is 10.2. The van der Waals surface area contributed by atoms with Gasteiger partial charge in [0.15, 0.2) is 5.82 Å². The van der Waals surface area contributed by atoms with E-state index in [0.717, 1.165) is 17.9 Å². The molecule has 0 radical (unpaired) electrons. The topological polar surface area (TPSA) is 91.0 Å². The first-order valence-electron chi connectivity index (χ1n) is 7.59. The van der Waals surface area contributed by atoms with Gasteiger partial charge in [0, 0.05) is 6.54 Å². The number of carbonyl (C=O) groups is 1. The highest BCUT2D eigenvalue weighted by atomic mass is 16.6. The van der Waals surface area contributed by atoms with Gasteiger partial charge in [0.25, 0.3) is 0 Å². The molecule has 0 saturated heterocycles. The van der Waals surface area contributed by atoms with E-state index >= 15 is 0 Å². The summed E-state index contributed by atoms with van der Waals surface area (Å²) in [6.45, 7) is 9.23. The molecule has 0 aliphatic carbocycles. The van der Waals surface area contributed by atoms with Crippen molar-refractivity contribution in [2.75, 3.05) is 0 Å². The van der Waals surface area contributed by atoms with Gasteiger partial charge in [-0.3, -0.25) is 4.90 Å². The van der Waals surface area contributed by atoms with Crippen LogP contribution < -0.4 is 0 Å². The third kappa shape index (κ3) is 2.90. The third-order valence-electron chi connectivity index (χ3n) is 3.51. The van der Waals surface area contributed by atoms with Gasteiger partial charge in [-0.2, -0.15) is 4.80 Å². The van der Waals surface area contributed by atoms with Crippen LogP contribution in [0.5, 0.6) is 0 Å². The minimum absolute atomic E-state index is 0.322. The monoisotopic (exact) mass is 319 g/mol. The Morgan fingerprint density at radius 2 is 2.04 bits per heavy atom. The van der Waals surface area contributed by atoms with Crippen LogP contribution in [0.3, 0.4) is 0 Å². The summed E-state index contributed by atoms with van der Waals surface area (Å²) in [5.41, 5.74) is 1.35. The van der Waals surface area contributed by atoms with Crippen molar-refractivity contribution >= 4 is 6.09 Å². The van der Waals surface area contributed by atoms with Crippen molar-refractivity contribution in [3.8, 4) is 11.6 Å². The van der Waals surface area contributed by atoms with Gasteiger partial charge in [-0.1, -0.05) is 0 Å². The molecule has 0 saturated carbocycles. The van der Waals surface area contributed by atoms with Crippen LogP contribution in [0, 0.1) is 0 Å². The lowest BCUT2D eigenvalue weighted by molar-refractivity contribution is 0.0237. The molecule has 0 unspecified atom stereocenters. The number of hydrogen-bond donors (Lipinski definition) is 0. The summed E-state index contributed by atoms with van der Waals surface area (Å²) in [7, 11) is 1.72. The molecule has 0 spiro atoms. The molecule has 2 aromatic heterocycles. The molecule has 1 amide bonds. The average molecular weight is 319 g/mol. The first-order chi connectivity index (χ1) is 10.8. The summed E-state index contributed by atoms with van der Waals surface area (Å²) in [6.07, 6.45) is -0.322. The van der Waals surface area contributed by atoms with Crippen molar-refractivity contribution in [2.45, 2.75) is 52.9 Å². The van der Waals surface area contributed by atoms with Crippen LogP contribution in [0.25, 0.3) is 11.6 Å². The van der Waals surface area contributed by atoms with Crippen LogP contribution in [0.2, 0.25) is 0 Å². The van der Waals surface area contributed by atoms with Crippen LogP contribution in [-0.2, 0) is 31.4 Å². The summed E-state index contributed by atoms with van der Waals surface area (Å²) >= 11 is 0. The molecule has 0 aromatic carbocycles. The summed E-state index contributed by atoms with van der Waals surface area (Å²) < 4.78 is 7.45. The second kappa shape index (κ2) is 5.32. The summed E-state index contributed by atoms with van der Waals surface area (Å²) in [4.78, 5) is 19.9. The van der Waals surface area contributed by atoms with Crippen molar-refractivity contribution < 1.29 is 9.53 Å². The largest absolute Gasteiger partial charge is 0.444 e. The highest BCUT2D eigenvalue weighted by Crippen LogP contribution is 2.28. The van der Waals surface area contributed by atoms with E-state index in [1.54, 1.807) is 11.9 Å². The van der Waals surface area contributed by atoms with Gasteiger partial charge < -0.3 is 9.30 Å². The number of ether oxygens (including phenoxy) is 1. The van der Waals surface area contributed by atoms with Crippen LogP contribution in [-0.4, -0.2) is 46.4 Å². The predicted octanol–water partition coefficient (Wildman–Crippen LogP) is 1.34. The number of aryl methyl sites for hydroxylation is 1. The second-order valence-electron chi connectivity index (χ2n) is 6.51. The van der Waals surface area contributed by atoms with E-state index in [2.05, 4.69) is 20.4 Å². The molecule has 0 fully saturated rings. The van der Waals surface area contributed by atoms with Gasteiger partial charge in [-0.25, -0.2) is 9.78 Å². The Morgan fingerprint density at radius 3 is 2.61 bits per heavy atom. The van der Waals surface area contributed by atoms with Gasteiger partial charge in [-0.05, 0) is 32.9 Å². The number of imidazole rings is 1. The summed E-state index contributed by atoms with van der Waals surface area (Å²) in [5, 5.41) is 12.1. The number of aromatic nitrogens is 6. The van der Waals surface area contributed by atoms with Crippen LogP contribution in [0.4, 0.5) is 4.79 Å². The van der Waals surface area contributed by atoms with E-state index in [4.69, 9.17) is 4.74 Å². The van der Waals surface area contributed by atoms with Gasteiger partial charge in [0.1, 0.15) is 5.60 Å². The minimum Gasteiger partial charge on any atom is -0.444 e. The standard InChI is InChI=1S/C14H21N7O2/c1-6-21-10-8-20(13(22)23-14(2,3)4)7-9(10)15-12(21)11-16-18-19(5)17-11/h6-8H2,1-5H3. The number of nitrogens with zero attached hydrogens (tertiary/aromatic N) is 7. The molecule has 3 heterocycles. The molecule has 9 heteroatoms. The maximum absolute atomic E-state index is 12.2. The van der Waals surface area contributed by atoms with Crippen molar-refractivity contribution in [3.05, 3.63) is 11.4 Å². The number of amides is 1. The van der Waals surface area contributed by atoms with Gasteiger partial charge >= 0.3 is 6.09 Å². The van der Waals surface area contributed by atoms with E-state index in [0.29, 0.717) is 24.7 Å². The molecule has 3 rings (SSSR count). The van der Waals surface area contributed by atoms with Crippen molar-refractivity contribution in [1.29, 1.82) is 0 Å². The first kappa shape index (κ1) is 15.4. The third-order valence-corrected chi connectivity index (χ3v) is 3.51. The molecule has 0 bridgehead atoms. The lowest BCUT2D eigenvalue weighted by Gasteiger charge is -2.24. The maximum atomic E-state index is 12.2. The fourth-order valence-electron chi connectivity index (χ4n) is 2.60. The molecule has 23 heavy (non-hydrogen) atoms. The zero-order valence-corrected chi connectivity index (χ0v) is 14.1. The normalized spacial score (nSPS) is 14.2. The molecule has 124 valence electrons. The number of carbonyl (C=O) groups excluding carboxylic acids is 1. The van der Waals surface area contributed by atoms with E-state index in [9.17, 15) is 4.79 Å².